The maximum Gasteiger partial charge on any atom is 0.354 e. The van der Waals surface area contributed by atoms with Crippen molar-refractivity contribution >= 4 is 17.0 Å². The number of rotatable bonds is 9. The van der Waals surface area contributed by atoms with Crippen molar-refractivity contribution in [2.45, 2.75) is 32.7 Å². The van der Waals surface area contributed by atoms with E-state index in [0.29, 0.717) is 12.2 Å². The van der Waals surface area contributed by atoms with Crippen LogP contribution in [0.2, 0.25) is 0 Å². The second kappa shape index (κ2) is 9.18. The van der Waals surface area contributed by atoms with Gasteiger partial charge in [-0.25, -0.2) is 4.79 Å². The summed E-state index contributed by atoms with van der Waals surface area (Å²) in [5.74, 6) is 0.125. The third kappa shape index (κ3) is 4.98. The molecule has 8 heteroatoms. The van der Waals surface area contributed by atoms with Gasteiger partial charge in [-0.05, 0) is 43.1 Å². The number of fused-ring (bicyclic) bond motifs is 1. The number of nitrogens with two attached hydrogens (primary N) is 2. The standard InChI is InChI=1S/C20H27N7O/c1-2-4-16-11-15-13-27(20(28)26-18(15)25-16)17-7-5-14(6-8-17)12-23-9-3-10-24-19(21)22/h5-8,11,13,23H,2-4,9-10,12H2,1H3,(H4,21,22,24)(H,25,26,28). The Labute approximate surface area is 163 Å². The molecule has 0 saturated carbocycles. The molecule has 0 aliphatic rings. The van der Waals surface area contributed by atoms with E-state index >= 15 is 0 Å². The summed E-state index contributed by atoms with van der Waals surface area (Å²) < 4.78 is 1.58. The number of guanidine groups is 1. The number of nitrogens with one attached hydrogen (secondary N) is 2. The van der Waals surface area contributed by atoms with Crippen molar-refractivity contribution in [1.82, 2.24) is 19.9 Å². The molecule has 2 aromatic heterocycles. The molecule has 0 spiro atoms. The third-order valence-corrected chi connectivity index (χ3v) is 4.43. The van der Waals surface area contributed by atoms with E-state index in [0.717, 1.165) is 54.7 Å². The number of aryl methyl sites for hydroxylation is 1. The van der Waals surface area contributed by atoms with Crippen molar-refractivity contribution in [3.05, 3.63) is 58.3 Å². The van der Waals surface area contributed by atoms with Crippen molar-refractivity contribution in [2.24, 2.45) is 16.5 Å². The zero-order valence-electron chi connectivity index (χ0n) is 16.1. The average molecular weight is 381 g/mol. The van der Waals surface area contributed by atoms with Crippen LogP contribution in [0.4, 0.5) is 0 Å². The third-order valence-electron chi connectivity index (χ3n) is 4.43. The highest BCUT2D eigenvalue weighted by Gasteiger charge is 2.07. The van der Waals surface area contributed by atoms with Gasteiger partial charge in [-0.2, -0.15) is 4.98 Å². The number of aliphatic imine (C=N–C) groups is 1. The van der Waals surface area contributed by atoms with Gasteiger partial charge >= 0.3 is 5.69 Å². The average Bonchev–Trinajstić information content (AvgIpc) is 3.05. The van der Waals surface area contributed by atoms with Gasteiger partial charge in [-0.1, -0.05) is 25.5 Å². The summed E-state index contributed by atoms with van der Waals surface area (Å²) in [5.41, 5.74) is 14.0. The summed E-state index contributed by atoms with van der Waals surface area (Å²) in [5, 5.41) is 4.29. The normalized spacial score (nSPS) is 11.0. The number of hydrogen-bond donors (Lipinski definition) is 4. The molecule has 0 atom stereocenters. The molecule has 0 unspecified atom stereocenters. The lowest BCUT2D eigenvalue weighted by Crippen LogP contribution is -2.23. The zero-order chi connectivity index (χ0) is 19.9. The Morgan fingerprint density at radius 2 is 2.07 bits per heavy atom. The molecule has 3 aromatic rings. The first-order chi connectivity index (χ1) is 13.6. The van der Waals surface area contributed by atoms with Gasteiger partial charge in [0.15, 0.2) is 5.96 Å². The molecular formula is C20H27N7O. The molecule has 2 heterocycles. The summed E-state index contributed by atoms with van der Waals surface area (Å²) in [4.78, 5) is 23.7. The molecule has 0 fully saturated rings. The van der Waals surface area contributed by atoms with Crippen molar-refractivity contribution in [1.29, 1.82) is 0 Å². The van der Waals surface area contributed by atoms with Gasteiger partial charge in [0.1, 0.15) is 5.65 Å². The molecule has 3 rings (SSSR count). The van der Waals surface area contributed by atoms with E-state index in [4.69, 9.17) is 11.5 Å². The van der Waals surface area contributed by atoms with E-state index in [1.807, 2.05) is 30.5 Å². The Morgan fingerprint density at radius 1 is 1.29 bits per heavy atom. The highest BCUT2D eigenvalue weighted by molar-refractivity contribution is 5.76. The van der Waals surface area contributed by atoms with Gasteiger partial charge in [0.05, 0.1) is 5.69 Å². The first-order valence-corrected chi connectivity index (χ1v) is 9.53. The number of benzene rings is 1. The Balaban J connectivity index is 1.65. The predicted molar refractivity (Wildman–Crippen MR) is 113 cm³/mol. The minimum Gasteiger partial charge on any atom is -0.370 e. The van der Waals surface area contributed by atoms with Crippen LogP contribution in [0.15, 0.2) is 46.3 Å². The maximum absolute atomic E-state index is 12.4. The van der Waals surface area contributed by atoms with Gasteiger partial charge < -0.3 is 21.8 Å². The van der Waals surface area contributed by atoms with Gasteiger partial charge in [-0.3, -0.25) is 9.56 Å². The monoisotopic (exact) mass is 381 g/mol. The molecular weight excluding hydrogens is 354 g/mol. The lowest BCUT2D eigenvalue weighted by atomic mass is 10.2. The van der Waals surface area contributed by atoms with Crippen LogP contribution >= 0.6 is 0 Å². The molecule has 0 saturated heterocycles. The molecule has 6 N–H and O–H groups in total. The Morgan fingerprint density at radius 3 is 2.79 bits per heavy atom. The molecule has 0 radical (unpaired) electrons. The Hall–Kier alpha value is -3.13. The van der Waals surface area contributed by atoms with E-state index in [2.05, 4.69) is 33.3 Å². The predicted octanol–water partition coefficient (Wildman–Crippen LogP) is 1.42. The second-order valence-electron chi connectivity index (χ2n) is 6.75. The van der Waals surface area contributed by atoms with Crippen molar-refractivity contribution in [3.8, 4) is 5.69 Å². The van der Waals surface area contributed by atoms with Gasteiger partial charge in [0, 0.05) is 30.4 Å². The van der Waals surface area contributed by atoms with Crippen LogP contribution in [-0.4, -0.2) is 33.6 Å². The van der Waals surface area contributed by atoms with Crippen molar-refractivity contribution < 1.29 is 0 Å². The summed E-state index contributed by atoms with van der Waals surface area (Å²) in [6.45, 7) is 4.31. The summed E-state index contributed by atoms with van der Waals surface area (Å²) in [6.07, 6.45) is 4.70. The molecule has 0 amide bonds. The van der Waals surface area contributed by atoms with Crippen molar-refractivity contribution in [2.75, 3.05) is 13.1 Å². The molecule has 1 aromatic carbocycles. The topological polar surface area (TPSA) is 127 Å². The minimum atomic E-state index is -0.289. The number of hydrogen-bond acceptors (Lipinski definition) is 4. The van der Waals surface area contributed by atoms with Gasteiger partial charge in [0.25, 0.3) is 0 Å². The molecule has 8 nitrogen and oxygen atoms in total. The number of nitrogens with zero attached hydrogens (tertiary/aromatic N) is 3. The fourth-order valence-electron chi connectivity index (χ4n) is 3.06. The number of aromatic nitrogens is 3. The highest BCUT2D eigenvalue weighted by Crippen LogP contribution is 2.15. The van der Waals surface area contributed by atoms with Crippen LogP contribution in [0.5, 0.6) is 0 Å². The molecule has 0 bridgehead atoms. The van der Waals surface area contributed by atoms with E-state index in [1.54, 1.807) is 4.57 Å². The Kier molecular flexibility index (Phi) is 6.44. The van der Waals surface area contributed by atoms with Crippen molar-refractivity contribution in [3.63, 3.8) is 0 Å². The van der Waals surface area contributed by atoms with Gasteiger partial charge in [-0.15, -0.1) is 0 Å². The quantitative estimate of drug-likeness (QED) is 0.253. The fourth-order valence-corrected chi connectivity index (χ4v) is 3.06. The lowest BCUT2D eigenvalue weighted by molar-refractivity contribution is 0.655. The summed E-state index contributed by atoms with van der Waals surface area (Å²) in [6, 6.07) is 9.95. The smallest absolute Gasteiger partial charge is 0.354 e. The van der Waals surface area contributed by atoms with Crippen LogP contribution in [0.25, 0.3) is 16.7 Å². The van der Waals surface area contributed by atoms with Crippen LogP contribution in [0.1, 0.15) is 31.0 Å². The first kappa shape index (κ1) is 19.6. The highest BCUT2D eigenvalue weighted by atomic mass is 16.1. The molecule has 28 heavy (non-hydrogen) atoms. The zero-order valence-corrected chi connectivity index (χ0v) is 16.1. The number of aromatic amines is 1. The first-order valence-electron chi connectivity index (χ1n) is 9.53. The largest absolute Gasteiger partial charge is 0.370 e. The summed E-state index contributed by atoms with van der Waals surface area (Å²) in [7, 11) is 0. The lowest BCUT2D eigenvalue weighted by Gasteiger charge is -2.08. The molecule has 0 aliphatic carbocycles. The van der Waals surface area contributed by atoms with E-state index in [9.17, 15) is 4.79 Å². The van der Waals surface area contributed by atoms with Crippen LogP contribution in [0, 0.1) is 0 Å². The number of H-pyrrole nitrogens is 1. The van der Waals surface area contributed by atoms with E-state index in [-0.39, 0.29) is 11.6 Å². The van der Waals surface area contributed by atoms with Crippen LogP contribution in [0.3, 0.4) is 0 Å². The molecule has 148 valence electrons. The van der Waals surface area contributed by atoms with E-state index in [1.165, 1.54) is 0 Å². The molecule has 0 aliphatic heterocycles. The van der Waals surface area contributed by atoms with Crippen LogP contribution < -0.4 is 22.5 Å². The van der Waals surface area contributed by atoms with Crippen LogP contribution in [-0.2, 0) is 13.0 Å². The fraction of sp³-hybridized carbons (Fsp3) is 0.350. The summed E-state index contributed by atoms with van der Waals surface area (Å²) >= 11 is 0. The van der Waals surface area contributed by atoms with Gasteiger partial charge in [0.2, 0.25) is 0 Å². The minimum absolute atomic E-state index is 0.125. The van der Waals surface area contributed by atoms with E-state index < -0.39 is 0 Å². The Bertz CT molecular complexity index is 998. The SMILES string of the molecule is CCCc1cc2cn(-c3ccc(CNCCCN=C(N)N)cc3)c(=O)nc2[nH]1. The maximum atomic E-state index is 12.4. The second-order valence-corrected chi connectivity index (χ2v) is 6.75.